The Hall–Kier alpha value is -2.43. The fraction of sp³-hybridized carbons (Fsp3) is 0.560. The van der Waals surface area contributed by atoms with Gasteiger partial charge in [0.05, 0.1) is 0 Å². The Bertz CT molecular complexity index is 844. The summed E-state index contributed by atoms with van der Waals surface area (Å²) in [5.74, 6) is 1.51. The van der Waals surface area contributed by atoms with E-state index in [1.54, 1.807) is 0 Å². The fourth-order valence-corrected chi connectivity index (χ4v) is 4.24. The number of aryl methyl sites for hydroxylation is 2. The molecule has 0 saturated heterocycles. The van der Waals surface area contributed by atoms with Crippen molar-refractivity contribution >= 4 is 17.4 Å². The lowest BCUT2D eigenvalue weighted by atomic mass is 9.85. The van der Waals surface area contributed by atoms with Crippen molar-refractivity contribution in [3.8, 4) is 0 Å². The summed E-state index contributed by atoms with van der Waals surface area (Å²) in [4.78, 5) is 23.0. The summed E-state index contributed by atoms with van der Waals surface area (Å²) in [7, 11) is 0. The van der Waals surface area contributed by atoms with E-state index in [4.69, 9.17) is 9.97 Å². The van der Waals surface area contributed by atoms with Gasteiger partial charge in [-0.15, -0.1) is 0 Å². The highest BCUT2D eigenvalue weighted by Gasteiger charge is 2.29. The minimum Gasteiger partial charge on any atom is -0.367 e. The third kappa shape index (κ3) is 4.35. The maximum atomic E-state index is 13.5. The first kappa shape index (κ1) is 20.8. The van der Waals surface area contributed by atoms with Crippen molar-refractivity contribution in [2.45, 2.75) is 90.1 Å². The van der Waals surface area contributed by atoms with Gasteiger partial charge in [0.25, 0.3) is 0 Å². The van der Waals surface area contributed by atoms with Crippen LogP contribution in [0.1, 0.15) is 86.7 Å². The molecule has 2 fully saturated rings. The minimum atomic E-state index is -0.228. The fourth-order valence-electron chi connectivity index (χ4n) is 4.24. The van der Waals surface area contributed by atoms with Crippen LogP contribution < -0.4 is 10.6 Å². The number of nitrogens with zero attached hydrogens (tertiary/aromatic N) is 2. The van der Waals surface area contributed by atoms with Crippen molar-refractivity contribution in [1.82, 2.24) is 9.97 Å². The number of rotatable bonds is 8. The molecule has 160 valence electrons. The number of nitrogens with one attached hydrogen (secondary N) is 2. The molecule has 0 aliphatic heterocycles. The first-order valence-electron chi connectivity index (χ1n) is 11.4. The zero-order chi connectivity index (χ0) is 21.3. The summed E-state index contributed by atoms with van der Waals surface area (Å²) in [5.41, 5.74) is 3.95. The van der Waals surface area contributed by atoms with E-state index in [1.807, 2.05) is 39.8 Å². The zero-order valence-corrected chi connectivity index (χ0v) is 18.7. The molecule has 2 heterocycles. The number of hydrogen-bond acceptors (Lipinski definition) is 5. The lowest BCUT2D eigenvalue weighted by Crippen LogP contribution is -2.30. The molecule has 0 aromatic carbocycles. The maximum absolute atomic E-state index is 13.5. The third-order valence-electron chi connectivity index (χ3n) is 6.81. The van der Waals surface area contributed by atoms with E-state index in [9.17, 15) is 4.79 Å². The molecule has 0 amide bonds. The first-order chi connectivity index (χ1) is 14.4. The van der Waals surface area contributed by atoms with Gasteiger partial charge in [-0.05, 0) is 64.5 Å². The summed E-state index contributed by atoms with van der Waals surface area (Å²) < 4.78 is 0. The van der Waals surface area contributed by atoms with Crippen molar-refractivity contribution in [3.63, 3.8) is 0 Å². The van der Waals surface area contributed by atoms with Crippen LogP contribution in [0.15, 0.2) is 24.3 Å². The molecule has 2 unspecified atom stereocenters. The molecule has 30 heavy (non-hydrogen) atoms. The second kappa shape index (κ2) is 8.75. The van der Waals surface area contributed by atoms with Crippen LogP contribution in [0.2, 0.25) is 0 Å². The van der Waals surface area contributed by atoms with Crippen LogP contribution in [0.3, 0.4) is 0 Å². The normalized spacial score (nSPS) is 18.8. The van der Waals surface area contributed by atoms with E-state index >= 15 is 0 Å². The van der Waals surface area contributed by atoms with E-state index in [-0.39, 0.29) is 17.6 Å². The highest BCUT2D eigenvalue weighted by atomic mass is 16.1. The van der Waals surface area contributed by atoms with Gasteiger partial charge in [0.15, 0.2) is 0 Å². The molecule has 2 aliphatic rings. The molecule has 2 aromatic rings. The molecule has 2 N–H and O–H groups in total. The van der Waals surface area contributed by atoms with Gasteiger partial charge < -0.3 is 10.6 Å². The molecule has 2 saturated carbocycles. The Labute approximate surface area is 180 Å². The molecule has 4 rings (SSSR count). The van der Waals surface area contributed by atoms with Gasteiger partial charge in [-0.1, -0.05) is 26.0 Å². The number of Topliss-reactive ketones (excluding diaryl/α,β-unsaturated/α-hetero) is 1. The Kier molecular flexibility index (Phi) is 6.07. The quantitative estimate of drug-likeness (QED) is 0.606. The largest absolute Gasteiger partial charge is 0.367 e. The Morgan fingerprint density at radius 2 is 1.20 bits per heavy atom. The number of anilines is 2. The standard InChI is InChI=1S/C25H34N4O/c1-15-11-13-21(24(26-15)28-19-7-5-8-19)17(3)23(30)18(4)22-14-12-16(2)27-25(22)29-20-9-6-10-20/h11-14,17-20H,5-10H2,1-4H3,(H,26,28)(H,27,29). The first-order valence-corrected chi connectivity index (χ1v) is 11.4. The highest BCUT2D eigenvalue weighted by Crippen LogP contribution is 2.35. The molecular formula is C25H34N4O. The van der Waals surface area contributed by atoms with Gasteiger partial charge in [0.2, 0.25) is 0 Å². The van der Waals surface area contributed by atoms with Gasteiger partial charge in [-0.2, -0.15) is 0 Å². The average molecular weight is 407 g/mol. The van der Waals surface area contributed by atoms with Gasteiger partial charge in [-0.25, -0.2) is 9.97 Å². The van der Waals surface area contributed by atoms with Gasteiger partial charge in [0, 0.05) is 46.4 Å². The van der Waals surface area contributed by atoms with Crippen molar-refractivity contribution < 1.29 is 4.79 Å². The average Bonchev–Trinajstić information content (AvgIpc) is 2.66. The van der Waals surface area contributed by atoms with Crippen molar-refractivity contribution in [2.24, 2.45) is 0 Å². The molecule has 0 radical (unpaired) electrons. The maximum Gasteiger partial charge on any atom is 0.147 e. The highest BCUT2D eigenvalue weighted by molar-refractivity contribution is 5.93. The summed E-state index contributed by atoms with van der Waals surface area (Å²) in [6, 6.07) is 9.12. The van der Waals surface area contributed by atoms with E-state index in [0.717, 1.165) is 34.2 Å². The Morgan fingerprint density at radius 1 is 0.800 bits per heavy atom. The lowest BCUT2D eigenvalue weighted by molar-refractivity contribution is -0.121. The number of carbonyl (C=O) groups excluding carboxylic acids is 1. The molecule has 2 aromatic heterocycles. The molecule has 5 heteroatoms. The summed E-state index contributed by atoms with van der Waals surface area (Å²) >= 11 is 0. The molecular weight excluding hydrogens is 372 g/mol. The number of aromatic nitrogens is 2. The second-order valence-electron chi connectivity index (χ2n) is 9.17. The van der Waals surface area contributed by atoms with Crippen molar-refractivity contribution in [2.75, 3.05) is 10.6 Å². The van der Waals surface area contributed by atoms with Crippen LogP contribution in [0.25, 0.3) is 0 Å². The molecule has 5 nitrogen and oxygen atoms in total. The second-order valence-corrected chi connectivity index (χ2v) is 9.17. The van der Waals surface area contributed by atoms with Gasteiger partial charge in [0.1, 0.15) is 17.4 Å². The molecule has 2 aliphatic carbocycles. The molecule has 0 bridgehead atoms. The predicted octanol–water partition coefficient (Wildman–Crippen LogP) is 5.50. The number of pyridine rings is 2. The van der Waals surface area contributed by atoms with Crippen LogP contribution in [0.5, 0.6) is 0 Å². The van der Waals surface area contributed by atoms with E-state index in [0.29, 0.717) is 12.1 Å². The molecule has 2 atom stereocenters. The third-order valence-corrected chi connectivity index (χ3v) is 6.81. The van der Waals surface area contributed by atoms with E-state index in [1.165, 1.54) is 38.5 Å². The van der Waals surface area contributed by atoms with Crippen LogP contribution in [0, 0.1) is 13.8 Å². The van der Waals surface area contributed by atoms with Crippen molar-refractivity contribution in [3.05, 3.63) is 46.8 Å². The van der Waals surface area contributed by atoms with Crippen LogP contribution in [-0.2, 0) is 4.79 Å². The smallest absolute Gasteiger partial charge is 0.147 e. The van der Waals surface area contributed by atoms with Crippen LogP contribution >= 0.6 is 0 Å². The van der Waals surface area contributed by atoms with Crippen molar-refractivity contribution in [1.29, 1.82) is 0 Å². The lowest BCUT2D eigenvalue weighted by Gasteiger charge is -2.30. The van der Waals surface area contributed by atoms with E-state index in [2.05, 4.69) is 22.8 Å². The van der Waals surface area contributed by atoms with Gasteiger partial charge in [-0.3, -0.25) is 4.79 Å². The van der Waals surface area contributed by atoms with Gasteiger partial charge >= 0.3 is 0 Å². The topological polar surface area (TPSA) is 66.9 Å². The summed E-state index contributed by atoms with van der Waals surface area (Å²) in [5, 5.41) is 7.15. The number of hydrogen-bond donors (Lipinski definition) is 2. The predicted molar refractivity (Wildman–Crippen MR) is 122 cm³/mol. The number of ketones is 1. The van der Waals surface area contributed by atoms with E-state index < -0.39 is 0 Å². The zero-order valence-electron chi connectivity index (χ0n) is 18.7. The minimum absolute atomic E-state index is 0.208. The SMILES string of the molecule is Cc1ccc(C(C)C(=O)C(C)c2ccc(C)nc2NC2CCC2)c(NC2CCC2)n1. The Morgan fingerprint density at radius 3 is 1.53 bits per heavy atom. The summed E-state index contributed by atoms with van der Waals surface area (Å²) in [6.07, 6.45) is 7.25. The Balaban J connectivity index is 1.57. The van der Waals surface area contributed by atoms with Crippen LogP contribution in [0.4, 0.5) is 11.6 Å². The van der Waals surface area contributed by atoms with Crippen LogP contribution in [-0.4, -0.2) is 27.8 Å². The number of carbonyl (C=O) groups is 1. The molecule has 0 spiro atoms. The summed E-state index contributed by atoms with van der Waals surface area (Å²) in [6.45, 7) is 8.03. The monoisotopic (exact) mass is 406 g/mol.